The van der Waals surface area contributed by atoms with Crippen LogP contribution in [0, 0.1) is 12.8 Å². The second kappa shape index (κ2) is 5.70. The van der Waals surface area contributed by atoms with Crippen molar-refractivity contribution in [1.82, 2.24) is 4.40 Å². The van der Waals surface area contributed by atoms with Gasteiger partial charge in [-0.15, -0.1) is 0 Å². The number of aromatic nitrogens is 2. The van der Waals surface area contributed by atoms with E-state index in [1.807, 2.05) is 0 Å². The lowest BCUT2D eigenvalue weighted by atomic mass is 9.98. The molecule has 0 aliphatic heterocycles. The molecule has 0 spiro atoms. The summed E-state index contributed by atoms with van der Waals surface area (Å²) in [6.07, 6.45) is 3.34. The van der Waals surface area contributed by atoms with Crippen LogP contribution in [0.4, 0.5) is 0 Å². The molecular weight excluding hydrogens is 352 g/mol. The molecule has 3 heterocycles. The van der Waals surface area contributed by atoms with Crippen molar-refractivity contribution in [2.45, 2.75) is 27.2 Å². The summed E-state index contributed by atoms with van der Waals surface area (Å²) < 4.78 is 4.79. The van der Waals surface area contributed by atoms with E-state index in [0.717, 1.165) is 6.42 Å². The minimum atomic E-state index is 0.658. The molecule has 0 radical (unpaired) electrons. The van der Waals surface area contributed by atoms with Crippen molar-refractivity contribution in [3.63, 3.8) is 0 Å². The van der Waals surface area contributed by atoms with Gasteiger partial charge in [-0.2, -0.15) is 4.57 Å². The lowest BCUT2D eigenvalue weighted by molar-refractivity contribution is -0.644. The number of aryl methyl sites for hydroxylation is 2. The highest BCUT2D eigenvalue weighted by Gasteiger charge is 2.23. The second-order valence-corrected chi connectivity index (χ2v) is 8.96. The first-order chi connectivity index (χ1) is 14.0. The van der Waals surface area contributed by atoms with Crippen LogP contribution in [0.2, 0.25) is 0 Å². The second-order valence-electron chi connectivity index (χ2n) is 8.96. The van der Waals surface area contributed by atoms with Crippen molar-refractivity contribution in [3.05, 3.63) is 71.9 Å². The van der Waals surface area contributed by atoms with Gasteiger partial charge in [0.1, 0.15) is 12.6 Å². The summed E-state index contributed by atoms with van der Waals surface area (Å²) in [6.45, 7) is 6.82. The highest BCUT2D eigenvalue weighted by molar-refractivity contribution is 6.25. The fourth-order valence-corrected chi connectivity index (χ4v) is 5.29. The Morgan fingerprint density at radius 2 is 1.76 bits per heavy atom. The zero-order chi connectivity index (χ0) is 19.9. The van der Waals surface area contributed by atoms with Crippen LogP contribution < -0.4 is 4.57 Å². The maximum Gasteiger partial charge on any atom is 0.238 e. The van der Waals surface area contributed by atoms with Crippen LogP contribution in [0.5, 0.6) is 0 Å². The highest BCUT2D eigenvalue weighted by atomic mass is 15.0. The van der Waals surface area contributed by atoms with E-state index in [9.17, 15) is 0 Å². The average Bonchev–Trinajstić information content (AvgIpc) is 3.02. The van der Waals surface area contributed by atoms with Gasteiger partial charge >= 0.3 is 0 Å². The Morgan fingerprint density at radius 1 is 0.897 bits per heavy atom. The summed E-state index contributed by atoms with van der Waals surface area (Å²) in [5.74, 6) is 0.658. The number of fused-ring (bicyclic) bond motifs is 5. The van der Waals surface area contributed by atoms with Crippen LogP contribution >= 0.6 is 0 Å². The topological polar surface area (TPSA) is 8.29 Å². The molecule has 2 nitrogen and oxygen atoms in total. The molecule has 0 saturated carbocycles. The third kappa shape index (κ3) is 2.15. The summed E-state index contributed by atoms with van der Waals surface area (Å²) >= 11 is 0. The van der Waals surface area contributed by atoms with E-state index in [1.54, 1.807) is 0 Å². The van der Waals surface area contributed by atoms with E-state index < -0.39 is 0 Å². The Labute approximate surface area is 170 Å². The van der Waals surface area contributed by atoms with Gasteiger partial charge in [0.25, 0.3) is 0 Å². The van der Waals surface area contributed by atoms with Gasteiger partial charge in [-0.1, -0.05) is 44.2 Å². The van der Waals surface area contributed by atoms with Crippen LogP contribution in [0.25, 0.3) is 49.0 Å². The quantitative estimate of drug-likeness (QED) is 0.190. The zero-order valence-electron chi connectivity index (χ0n) is 17.5. The van der Waals surface area contributed by atoms with E-state index in [4.69, 9.17) is 0 Å². The van der Waals surface area contributed by atoms with Crippen molar-refractivity contribution in [3.8, 4) is 0 Å². The monoisotopic (exact) mass is 377 g/mol. The Kier molecular flexibility index (Phi) is 3.30. The standard InChI is InChI=1S/C27H25N2/c1-16(2)14-18-9-11-22-21(15-18)20-12-13-28(4)27-24-17(3)8-10-19-6-5-7-23(25(19)24)29(22)26(20)27/h5-13,15-16H,14H2,1-4H3/q+1. The molecular formula is C27H25N2+. The fraction of sp³-hybridized carbons (Fsp3) is 0.222. The van der Waals surface area contributed by atoms with E-state index in [0.29, 0.717) is 5.92 Å². The number of hydrogen-bond donors (Lipinski definition) is 0. The molecule has 0 bridgehead atoms. The fourth-order valence-electron chi connectivity index (χ4n) is 5.29. The molecule has 0 aliphatic rings. The molecule has 0 fully saturated rings. The molecule has 0 amide bonds. The number of rotatable bonds is 2. The van der Waals surface area contributed by atoms with Crippen LogP contribution in [-0.4, -0.2) is 4.40 Å². The van der Waals surface area contributed by atoms with Gasteiger partial charge in [0.2, 0.25) is 5.52 Å². The molecule has 6 aromatic rings. The van der Waals surface area contributed by atoms with Gasteiger partial charge in [0.05, 0.1) is 16.4 Å². The summed E-state index contributed by atoms with van der Waals surface area (Å²) in [6, 6.07) is 20.6. The Balaban J connectivity index is 1.95. The molecule has 0 N–H and O–H groups in total. The first kappa shape index (κ1) is 16.8. The minimum absolute atomic E-state index is 0.658. The van der Waals surface area contributed by atoms with Crippen LogP contribution in [0.1, 0.15) is 25.0 Å². The lowest BCUT2D eigenvalue weighted by Crippen LogP contribution is -2.28. The largest absolute Gasteiger partial charge is 0.303 e. The van der Waals surface area contributed by atoms with Gasteiger partial charge in [0, 0.05) is 22.2 Å². The lowest BCUT2D eigenvalue weighted by Gasteiger charge is -2.13. The summed E-state index contributed by atoms with van der Waals surface area (Å²) in [4.78, 5) is 0. The molecule has 2 heteroatoms. The van der Waals surface area contributed by atoms with E-state index in [1.165, 1.54) is 60.1 Å². The molecule has 142 valence electrons. The van der Waals surface area contributed by atoms with Gasteiger partial charge in [0.15, 0.2) is 6.20 Å². The molecule has 0 saturated heterocycles. The van der Waals surface area contributed by atoms with Crippen molar-refractivity contribution >= 4 is 49.0 Å². The third-order valence-electron chi connectivity index (χ3n) is 6.47. The summed E-state index contributed by atoms with van der Waals surface area (Å²) in [7, 11) is 2.17. The van der Waals surface area contributed by atoms with Gasteiger partial charge in [-0.3, -0.25) is 0 Å². The maximum atomic E-state index is 2.49. The highest BCUT2D eigenvalue weighted by Crippen LogP contribution is 2.40. The van der Waals surface area contributed by atoms with Crippen LogP contribution in [-0.2, 0) is 13.5 Å². The first-order valence-corrected chi connectivity index (χ1v) is 10.5. The first-order valence-electron chi connectivity index (χ1n) is 10.5. The smallest absolute Gasteiger partial charge is 0.238 e. The van der Waals surface area contributed by atoms with Gasteiger partial charge in [-0.05, 0) is 54.0 Å². The van der Waals surface area contributed by atoms with Crippen molar-refractivity contribution in [2.75, 3.05) is 0 Å². The normalized spacial score (nSPS) is 12.6. The number of nitrogens with zero attached hydrogens (tertiary/aromatic N) is 2. The van der Waals surface area contributed by atoms with Crippen molar-refractivity contribution < 1.29 is 4.57 Å². The predicted molar refractivity (Wildman–Crippen MR) is 123 cm³/mol. The Morgan fingerprint density at radius 3 is 2.59 bits per heavy atom. The third-order valence-corrected chi connectivity index (χ3v) is 6.47. The predicted octanol–water partition coefficient (Wildman–Crippen LogP) is 6.32. The molecule has 0 unspecified atom stereocenters. The number of hydrogen-bond acceptors (Lipinski definition) is 0. The van der Waals surface area contributed by atoms with E-state index in [-0.39, 0.29) is 0 Å². The van der Waals surface area contributed by atoms with Gasteiger partial charge < -0.3 is 4.40 Å². The van der Waals surface area contributed by atoms with E-state index in [2.05, 4.69) is 97.6 Å². The maximum absolute atomic E-state index is 2.49. The number of pyridine rings is 2. The molecule has 0 atom stereocenters. The van der Waals surface area contributed by atoms with Crippen LogP contribution in [0.3, 0.4) is 0 Å². The molecule has 6 rings (SSSR count). The van der Waals surface area contributed by atoms with Crippen molar-refractivity contribution in [1.29, 1.82) is 0 Å². The molecule has 29 heavy (non-hydrogen) atoms. The minimum Gasteiger partial charge on any atom is -0.303 e. The number of benzene rings is 3. The Bertz CT molecular complexity index is 1570. The average molecular weight is 378 g/mol. The zero-order valence-corrected chi connectivity index (χ0v) is 17.5. The van der Waals surface area contributed by atoms with E-state index >= 15 is 0 Å². The SMILES string of the molecule is Cc1ccc2cccc3c2c1c1c2c(cc[n+]1C)c1cc(CC(C)C)ccc1n32. The summed E-state index contributed by atoms with van der Waals surface area (Å²) in [5.41, 5.74) is 8.03. The summed E-state index contributed by atoms with van der Waals surface area (Å²) in [5, 5.41) is 6.77. The van der Waals surface area contributed by atoms with Crippen molar-refractivity contribution in [2.24, 2.45) is 13.0 Å². The van der Waals surface area contributed by atoms with Crippen LogP contribution in [0.15, 0.2) is 60.8 Å². The molecule has 0 aliphatic carbocycles. The Hall–Kier alpha value is -3.13. The molecule has 3 aromatic carbocycles. The van der Waals surface area contributed by atoms with Gasteiger partial charge in [-0.25, -0.2) is 0 Å². The molecule has 3 aromatic heterocycles.